The van der Waals surface area contributed by atoms with Crippen LogP contribution in [0.2, 0.25) is 0 Å². The van der Waals surface area contributed by atoms with Crippen LogP contribution in [0.3, 0.4) is 0 Å². The van der Waals surface area contributed by atoms with Crippen LogP contribution >= 0.6 is 0 Å². The van der Waals surface area contributed by atoms with Crippen molar-refractivity contribution in [2.45, 2.75) is 57.7 Å². The second-order valence-electron chi connectivity index (χ2n) is 4.98. The molecule has 1 aliphatic rings. The average Bonchev–Trinajstić information content (AvgIpc) is 2.31. The first-order chi connectivity index (χ1) is 8.27. The molecular weight excluding hydrogens is 212 g/mol. The highest BCUT2D eigenvalue weighted by Gasteiger charge is 2.22. The molecule has 0 saturated heterocycles. The molecule has 2 heteroatoms. The maximum absolute atomic E-state index is 10.1. The summed E-state index contributed by atoms with van der Waals surface area (Å²) in [6.45, 7) is 2.05. The Labute approximate surface area is 104 Å². The van der Waals surface area contributed by atoms with Gasteiger partial charge in [0.15, 0.2) is 0 Å². The summed E-state index contributed by atoms with van der Waals surface area (Å²) in [6.07, 6.45) is 6.29. The van der Waals surface area contributed by atoms with Crippen LogP contribution in [-0.2, 0) is 0 Å². The van der Waals surface area contributed by atoms with Crippen LogP contribution in [0.1, 0.15) is 44.1 Å². The lowest BCUT2D eigenvalue weighted by molar-refractivity contribution is 0.0184. The molecule has 1 aromatic carbocycles. The van der Waals surface area contributed by atoms with Gasteiger partial charge in [-0.2, -0.15) is 0 Å². The van der Waals surface area contributed by atoms with E-state index in [1.807, 2.05) is 31.2 Å². The molecule has 0 aromatic heterocycles. The van der Waals surface area contributed by atoms with Gasteiger partial charge < -0.3 is 9.84 Å². The number of aliphatic hydroxyl groups is 1. The van der Waals surface area contributed by atoms with E-state index in [4.69, 9.17) is 4.74 Å². The van der Waals surface area contributed by atoms with E-state index in [0.717, 1.165) is 37.0 Å². The minimum Gasteiger partial charge on any atom is -0.487 e. The summed E-state index contributed by atoms with van der Waals surface area (Å²) in [5, 5.41) is 10.1. The largest absolute Gasteiger partial charge is 0.487 e. The fraction of sp³-hybridized carbons (Fsp3) is 0.600. The highest BCUT2D eigenvalue weighted by Crippen LogP contribution is 2.24. The van der Waals surface area contributed by atoms with Crippen LogP contribution in [0.5, 0.6) is 5.75 Å². The molecule has 1 aliphatic carbocycles. The number of para-hydroxylation sites is 1. The van der Waals surface area contributed by atoms with Crippen LogP contribution in [0.15, 0.2) is 24.3 Å². The molecule has 0 aliphatic heterocycles. The summed E-state index contributed by atoms with van der Waals surface area (Å²) in [7, 11) is 0. The predicted octanol–water partition coefficient (Wildman–Crippen LogP) is 3.46. The Hall–Kier alpha value is -1.02. The van der Waals surface area contributed by atoms with Gasteiger partial charge in [-0.3, -0.25) is 0 Å². The molecule has 0 spiro atoms. The third-order valence-corrected chi connectivity index (χ3v) is 3.54. The zero-order valence-electron chi connectivity index (χ0n) is 10.6. The Morgan fingerprint density at radius 1 is 1.06 bits per heavy atom. The van der Waals surface area contributed by atoms with Crippen molar-refractivity contribution in [1.29, 1.82) is 0 Å². The van der Waals surface area contributed by atoms with E-state index in [2.05, 4.69) is 0 Å². The molecule has 2 atom stereocenters. The van der Waals surface area contributed by atoms with Gasteiger partial charge >= 0.3 is 0 Å². The van der Waals surface area contributed by atoms with E-state index in [0.29, 0.717) is 0 Å². The van der Waals surface area contributed by atoms with E-state index < -0.39 is 0 Å². The van der Waals surface area contributed by atoms with Crippen LogP contribution in [0.25, 0.3) is 0 Å². The van der Waals surface area contributed by atoms with Gasteiger partial charge in [0.1, 0.15) is 11.9 Å². The smallest absolute Gasteiger partial charge is 0.124 e. The van der Waals surface area contributed by atoms with Crippen molar-refractivity contribution < 1.29 is 9.84 Å². The molecular formula is C15H22O2. The molecule has 1 N–H and O–H groups in total. The van der Waals surface area contributed by atoms with Gasteiger partial charge in [-0.25, -0.2) is 0 Å². The molecule has 0 unspecified atom stereocenters. The van der Waals surface area contributed by atoms with Crippen molar-refractivity contribution in [3.05, 3.63) is 29.8 Å². The van der Waals surface area contributed by atoms with Gasteiger partial charge in [0.05, 0.1) is 6.10 Å². The van der Waals surface area contributed by atoms with Crippen molar-refractivity contribution >= 4 is 0 Å². The minimum absolute atomic E-state index is 0.0311. The second kappa shape index (κ2) is 6.06. The zero-order valence-corrected chi connectivity index (χ0v) is 10.6. The maximum atomic E-state index is 10.1. The van der Waals surface area contributed by atoms with Crippen LogP contribution in [0.4, 0.5) is 0 Å². The van der Waals surface area contributed by atoms with Crippen molar-refractivity contribution in [2.24, 2.45) is 0 Å². The van der Waals surface area contributed by atoms with Crippen molar-refractivity contribution in [3.8, 4) is 5.75 Å². The van der Waals surface area contributed by atoms with Crippen molar-refractivity contribution in [2.75, 3.05) is 0 Å². The van der Waals surface area contributed by atoms with Gasteiger partial charge in [0.25, 0.3) is 0 Å². The molecule has 1 saturated carbocycles. The van der Waals surface area contributed by atoms with Crippen molar-refractivity contribution in [1.82, 2.24) is 0 Å². The molecule has 1 aromatic rings. The van der Waals surface area contributed by atoms with Crippen LogP contribution in [0, 0.1) is 6.92 Å². The molecule has 94 valence electrons. The molecule has 0 heterocycles. The Bertz CT molecular complexity index is 349. The lowest BCUT2D eigenvalue weighted by atomic mass is 9.96. The van der Waals surface area contributed by atoms with E-state index in [1.54, 1.807) is 0 Å². The number of hydrogen-bond donors (Lipinski definition) is 1. The number of benzene rings is 1. The van der Waals surface area contributed by atoms with E-state index >= 15 is 0 Å². The SMILES string of the molecule is Cc1ccccc1O[C@@H]1CCCCCC[C@@H]1O. The van der Waals surface area contributed by atoms with Crippen molar-refractivity contribution in [3.63, 3.8) is 0 Å². The fourth-order valence-electron chi connectivity index (χ4n) is 2.42. The molecule has 0 radical (unpaired) electrons. The predicted molar refractivity (Wildman–Crippen MR) is 69.3 cm³/mol. The first-order valence-electron chi connectivity index (χ1n) is 6.68. The number of aryl methyl sites for hydroxylation is 1. The monoisotopic (exact) mass is 234 g/mol. The Kier molecular flexibility index (Phi) is 4.43. The maximum Gasteiger partial charge on any atom is 0.124 e. The summed E-state index contributed by atoms with van der Waals surface area (Å²) in [5.74, 6) is 0.914. The Balaban J connectivity index is 2.02. The summed E-state index contributed by atoms with van der Waals surface area (Å²) >= 11 is 0. The lowest BCUT2D eigenvalue weighted by Gasteiger charge is -2.26. The molecule has 0 amide bonds. The Morgan fingerprint density at radius 2 is 1.76 bits per heavy atom. The average molecular weight is 234 g/mol. The van der Waals surface area contributed by atoms with Crippen LogP contribution < -0.4 is 4.74 Å². The number of aliphatic hydroxyl groups excluding tert-OH is 1. The Morgan fingerprint density at radius 3 is 2.53 bits per heavy atom. The summed E-state index contributed by atoms with van der Waals surface area (Å²) in [4.78, 5) is 0. The van der Waals surface area contributed by atoms with Gasteiger partial charge in [-0.05, 0) is 37.8 Å². The van der Waals surface area contributed by atoms with Crippen LogP contribution in [-0.4, -0.2) is 17.3 Å². The lowest BCUT2D eigenvalue weighted by Crippen LogP contribution is -2.32. The summed E-state index contributed by atoms with van der Waals surface area (Å²) in [5.41, 5.74) is 1.14. The molecule has 2 nitrogen and oxygen atoms in total. The minimum atomic E-state index is -0.310. The fourth-order valence-corrected chi connectivity index (χ4v) is 2.42. The number of ether oxygens (including phenoxy) is 1. The topological polar surface area (TPSA) is 29.5 Å². The molecule has 1 fully saturated rings. The quantitative estimate of drug-likeness (QED) is 0.849. The summed E-state index contributed by atoms with van der Waals surface area (Å²) < 4.78 is 5.98. The van der Waals surface area contributed by atoms with E-state index in [9.17, 15) is 5.11 Å². The second-order valence-corrected chi connectivity index (χ2v) is 4.98. The standard InChI is InChI=1S/C15H22O2/c1-12-8-6-7-10-14(12)17-15-11-5-3-2-4-9-13(15)16/h6-8,10,13,15-16H,2-5,9,11H2,1H3/t13-,15+/m0/s1. The zero-order chi connectivity index (χ0) is 12.1. The van der Waals surface area contributed by atoms with E-state index in [1.165, 1.54) is 12.8 Å². The highest BCUT2D eigenvalue weighted by molar-refractivity contribution is 5.32. The first kappa shape index (κ1) is 12.4. The number of hydrogen-bond acceptors (Lipinski definition) is 2. The molecule has 2 rings (SSSR count). The third-order valence-electron chi connectivity index (χ3n) is 3.54. The molecule has 17 heavy (non-hydrogen) atoms. The van der Waals surface area contributed by atoms with Gasteiger partial charge in [0.2, 0.25) is 0 Å². The van der Waals surface area contributed by atoms with Gasteiger partial charge in [-0.15, -0.1) is 0 Å². The van der Waals surface area contributed by atoms with E-state index in [-0.39, 0.29) is 12.2 Å². The molecule has 0 bridgehead atoms. The third kappa shape index (κ3) is 3.47. The normalized spacial score (nSPS) is 26.0. The number of rotatable bonds is 2. The van der Waals surface area contributed by atoms with Gasteiger partial charge in [0, 0.05) is 0 Å². The first-order valence-corrected chi connectivity index (χ1v) is 6.68. The highest BCUT2D eigenvalue weighted by atomic mass is 16.5. The van der Waals surface area contributed by atoms with Gasteiger partial charge in [-0.1, -0.05) is 37.5 Å². The summed E-state index contributed by atoms with van der Waals surface area (Å²) in [6, 6.07) is 8.03.